The second-order valence-corrected chi connectivity index (χ2v) is 11.0. The summed E-state index contributed by atoms with van der Waals surface area (Å²) < 4.78 is 7.93. The van der Waals surface area contributed by atoms with Crippen molar-refractivity contribution in [2.75, 3.05) is 6.54 Å². The van der Waals surface area contributed by atoms with E-state index in [9.17, 15) is 9.59 Å². The van der Waals surface area contributed by atoms with Crippen molar-refractivity contribution in [2.24, 2.45) is 0 Å². The van der Waals surface area contributed by atoms with Crippen molar-refractivity contribution in [1.29, 1.82) is 0 Å². The second kappa shape index (κ2) is 11.8. The number of nitrogens with zero attached hydrogens (tertiary/aromatic N) is 3. The smallest absolute Gasteiger partial charge is 0.269 e. The zero-order valence-electron chi connectivity index (χ0n) is 19.9. The Labute approximate surface area is 229 Å². The predicted molar refractivity (Wildman–Crippen MR) is 151 cm³/mol. The number of aromatic nitrogens is 2. The summed E-state index contributed by atoms with van der Waals surface area (Å²) in [5.74, 6) is 0.119. The molecule has 1 aliphatic heterocycles. The van der Waals surface area contributed by atoms with Crippen LogP contribution < -0.4 is 10.3 Å². The minimum Gasteiger partial charge on any atom is -0.437 e. The number of carbonyl (C=O) groups is 1. The van der Waals surface area contributed by atoms with E-state index in [1.54, 1.807) is 35.4 Å². The number of thiocarbonyl (C=S) groups is 1. The maximum atomic E-state index is 13.5. The van der Waals surface area contributed by atoms with Crippen molar-refractivity contribution >= 4 is 69.1 Å². The van der Waals surface area contributed by atoms with Gasteiger partial charge in [0.15, 0.2) is 0 Å². The number of benzene rings is 1. The van der Waals surface area contributed by atoms with Crippen molar-refractivity contribution in [3.63, 3.8) is 0 Å². The Hall–Kier alpha value is -2.39. The predicted octanol–water partition coefficient (Wildman–Crippen LogP) is 7.27. The lowest BCUT2D eigenvalue weighted by molar-refractivity contribution is -0.122. The number of unbranched alkanes of at least 4 members (excludes halogenated alkanes) is 4. The first-order valence-corrected chi connectivity index (χ1v) is 13.7. The van der Waals surface area contributed by atoms with Gasteiger partial charge in [-0.3, -0.25) is 18.9 Å². The number of amides is 1. The van der Waals surface area contributed by atoms with Gasteiger partial charge in [0.05, 0.1) is 9.93 Å². The summed E-state index contributed by atoms with van der Waals surface area (Å²) in [4.78, 5) is 33.3. The van der Waals surface area contributed by atoms with Gasteiger partial charge in [-0.1, -0.05) is 85.9 Å². The highest BCUT2D eigenvalue weighted by Crippen LogP contribution is 2.36. The highest BCUT2D eigenvalue weighted by Gasteiger charge is 2.32. The molecule has 0 atom stereocenters. The lowest BCUT2D eigenvalue weighted by atomic mass is 10.1. The maximum absolute atomic E-state index is 13.5. The van der Waals surface area contributed by atoms with Crippen molar-refractivity contribution < 1.29 is 9.53 Å². The topological polar surface area (TPSA) is 63.9 Å². The molecule has 1 aromatic carbocycles. The number of fused-ring (bicyclic) bond motifs is 1. The van der Waals surface area contributed by atoms with E-state index in [0.717, 1.165) is 31.2 Å². The number of thioether (sulfide) groups is 1. The Balaban J connectivity index is 1.72. The minimum absolute atomic E-state index is 0.0448. The van der Waals surface area contributed by atoms with Crippen molar-refractivity contribution in [1.82, 2.24) is 14.3 Å². The Kier molecular flexibility index (Phi) is 8.72. The first-order chi connectivity index (χ1) is 17.3. The molecule has 0 N–H and O–H groups in total. The molecule has 1 fully saturated rings. The molecule has 0 aliphatic carbocycles. The summed E-state index contributed by atoms with van der Waals surface area (Å²) >= 11 is 19.0. The number of pyridine rings is 1. The van der Waals surface area contributed by atoms with Gasteiger partial charge in [-0.2, -0.15) is 4.98 Å². The molecule has 0 saturated carbocycles. The molecular weight excluding hydrogens is 537 g/mol. The standard InChI is InChI=1S/C26H25Cl2N3O3S2/c1-3-4-5-6-7-12-31-25(33)21(36-26(31)35)15-18-23(34-20-11-10-17(27)14-19(20)28)29-22-16(2)9-8-13-30(22)24(18)32/h8-11,13-15H,3-7,12H2,1-2H3/b21-15+. The van der Waals surface area contributed by atoms with Crippen LogP contribution in [0.2, 0.25) is 10.0 Å². The quantitative estimate of drug-likeness (QED) is 0.155. The normalized spacial score (nSPS) is 14.9. The van der Waals surface area contributed by atoms with E-state index in [-0.39, 0.29) is 27.9 Å². The fourth-order valence-corrected chi connectivity index (χ4v) is 5.59. The van der Waals surface area contributed by atoms with E-state index >= 15 is 0 Å². The Bertz CT molecular complexity index is 1420. The Morgan fingerprint density at radius 3 is 2.67 bits per heavy atom. The molecule has 0 radical (unpaired) electrons. The average molecular weight is 563 g/mol. The van der Waals surface area contributed by atoms with Crippen LogP contribution in [0, 0.1) is 6.92 Å². The molecule has 0 unspecified atom stereocenters. The molecule has 188 valence electrons. The number of hydrogen-bond donors (Lipinski definition) is 0. The van der Waals surface area contributed by atoms with E-state index in [0.29, 0.717) is 32.2 Å². The lowest BCUT2D eigenvalue weighted by Crippen LogP contribution is -2.29. The SMILES string of the molecule is CCCCCCCN1C(=O)/C(=C\c2c(Oc3ccc(Cl)cc3Cl)nc3c(C)cccn3c2=O)SC1=S. The van der Waals surface area contributed by atoms with Crippen molar-refractivity contribution in [2.45, 2.75) is 46.0 Å². The van der Waals surface area contributed by atoms with Crippen LogP contribution in [-0.2, 0) is 4.79 Å². The summed E-state index contributed by atoms with van der Waals surface area (Å²) in [6.07, 6.45) is 8.53. The maximum Gasteiger partial charge on any atom is 0.269 e. The van der Waals surface area contributed by atoms with Gasteiger partial charge in [0.1, 0.15) is 21.3 Å². The van der Waals surface area contributed by atoms with E-state index in [1.165, 1.54) is 28.7 Å². The zero-order chi connectivity index (χ0) is 25.8. The molecule has 3 heterocycles. The highest BCUT2D eigenvalue weighted by molar-refractivity contribution is 8.26. The Morgan fingerprint density at radius 2 is 1.92 bits per heavy atom. The molecule has 0 spiro atoms. The van der Waals surface area contributed by atoms with Crippen LogP contribution in [0.5, 0.6) is 11.6 Å². The molecule has 2 aromatic heterocycles. The van der Waals surface area contributed by atoms with Gasteiger partial charge >= 0.3 is 0 Å². The molecule has 4 rings (SSSR count). The van der Waals surface area contributed by atoms with Gasteiger partial charge in [0.25, 0.3) is 11.5 Å². The molecule has 0 bridgehead atoms. The number of carbonyl (C=O) groups excluding carboxylic acids is 1. The third-order valence-corrected chi connectivity index (χ3v) is 7.69. The minimum atomic E-state index is -0.367. The monoisotopic (exact) mass is 561 g/mol. The second-order valence-electron chi connectivity index (χ2n) is 8.44. The molecular formula is C26H25Cl2N3O3S2. The van der Waals surface area contributed by atoms with Crippen LogP contribution in [0.15, 0.2) is 46.2 Å². The summed E-state index contributed by atoms with van der Waals surface area (Å²) in [5, 5.41) is 0.725. The molecule has 1 aliphatic rings. The fraction of sp³-hybridized carbons (Fsp3) is 0.308. The molecule has 3 aromatic rings. The van der Waals surface area contributed by atoms with Crippen LogP contribution in [0.3, 0.4) is 0 Å². The van der Waals surface area contributed by atoms with Crippen molar-refractivity contribution in [3.05, 3.63) is 73.0 Å². The molecule has 1 saturated heterocycles. The molecule has 1 amide bonds. The average Bonchev–Trinajstić information content (AvgIpc) is 3.11. The van der Waals surface area contributed by atoms with Gasteiger partial charge in [-0.25, -0.2) is 0 Å². The zero-order valence-corrected chi connectivity index (χ0v) is 23.1. The summed E-state index contributed by atoms with van der Waals surface area (Å²) in [5.41, 5.74) is 1.00. The number of ether oxygens (including phenoxy) is 1. The number of halogens is 2. The van der Waals surface area contributed by atoms with Crippen LogP contribution in [0.25, 0.3) is 11.7 Å². The molecule has 36 heavy (non-hydrogen) atoms. The molecule has 6 nitrogen and oxygen atoms in total. The third-order valence-electron chi connectivity index (χ3n) is 5.78. The van der Waals surface area contributed by atoms with E-state index < -0.39 is 0 Å². The summed E-state index contributed by atoms with van der Waals surface area (Å²) in [6.45, 7) is 4.58. The van der Waals surface area contributed by atoms with Crippen LogP contribution in [0.1, 0.15) is 50.2 Å². The van der Waals surface area contributed by atoms with Crippen LogP contribution in [0.4, 0.5) is 0 Å². The van der Waals surface area contributed by atoms with E-state index in [2.05, 4.69) is 11.9 Å². The third kappa shape index (κ3) is 5.78. The summed E-state index contributed by atoms with van der Waals surface area (Å²) in [7, 11) is 0. The summed E-state index contributed by atoms with van der Waals surface area (Å²) in [6, 6.07) is 8.40. The number of rotatable bonds is 9. The van der Waals surface area contributed by atoms with Crippen molar-refractivity contribution in [3.8, 4) is 11.6 Å². The largest absolute Gasteiger partial charge is 0.437 e. The van der Waals surface area contributed by atoms with Crippen LogP contribution >= 0.6 is 47.2 Å². The van der Waals surface area contributed by atoms with Gasteiger partial charge in [-0.15, -0.1) is 0 Å². The number of aryl methyl sites for hydroxylation is 1. The van der Waals surface area contributed by atoms with E-state index in [4.69, 9.17) is 40.2 Å². The van der Waals surface area contributed by atoms with Gasteiger partial charge in [-0.05, 0) is 49.2 Å². The fourth-order valence-electron chi connectivity index (χ4n) is 3.85. The van der Waals surface area contributed by atoms with Gasteiger partial charge < -0.3 is 4.74 Å². The first kappa shape index (κ1) is 26.7. The Morgan fingerprint density at radius 1 is 1.14 bits per heavy atom. The number of hydrogen-bond acceptors (Lipinski definition) is 6. The van der Waals surface area contributed by atoms with Gasteiger partial charge in [0, 0.05) is 17.8 Å². The van der Waals surface area contributed by atoms with E-state index in [1.807, 2.05) is 13.0 Å². The lowest BCUT2D eigenvalue weighted by Gasteiger charge is -2.14. The van der Waals surface area contributed by atoms with Crippen LogP contribution in [-0.4, -0.2) is 31.1 Å². The first-order valence-electron chi connectivity index (χ1n) is 11.7. The van der Waals surface area contributed by atoms with Gasteiger partial charge in [0.2, 0.25) is 5.88 Å². The highest BCUT2D eigenvalue weighted by atomic mass is 35.5. The molecule has 10 heteroatoms.